The number of fused-ring (bicyclic) bond motifs is 1. The van der Waals surface area contributed by atoms with Crippen LogP contribution in [0.25, 0.3) is 10.9 Å². The molecule has 0 saturated heterocycles. The molecule has 0 atom stereocenters. The summed E-state index contributed by atoms with van der Waals surface area (Å²) in [7, 11) is 0. The Balaban J connectivity index is 0.00000192. The molecule has 0 amide bonds. The van der Waals surface area contributed by atoms with Crippen LogP contribution in [0.1, 0.15) is 23.0 Å². The number of aryl methyl sites for hydroxylation is 1. The zero-order valence-electron chi connectivity index (χ0n) is 12.7. The van der Waals surface area contributed by atoms with E-state index in [1.807, 2.05) is 49.4 Å². The van der Waals surface area contributed by atoms with Crippen LogP contribution >= 0.6 is 11.6 Å². The normalized spacial score (nSPS) is 10.2. The number of nitrogens with one attached hydrogen (secondary N) is 1. The van der Waals surface area contributed by atoms with Gasteiger partial charge in [-0.3, -0.25) is 9.78 Å². The fourth-order valence-electron chi connectivity index (χ4n) is 2.41. The molecule has 3 aromatic rings. The van der Waals surface area contributed by atoms with Gasteiger partial charge in [0.15, 0.2) is 5.78 Å². The summed E-state index contributed by atoms with van der Waals surface area (Å²) in [4.78, 5) is 16.0. The molecule has 0 fully saturated rings. The summed E-state index contributed by atoms with van der Waals surface area (Å²) in [6.07, 6.45) is 0. The Morgan fingerprint density at radius 1 is 1.13 bits per heavy atom. The van der Waals surface area contributed by atoms with Crippen LogP contribution in [-0.2, 0) is 0 Å². The van der Waals surface area contributed by atoms with Crippen LogP contribution in [0, 0.1) is 6.92 Å². The van der Waals surface area contributed by atoms with E-state index in [1.165, 1.54) is 0 Å². The summed E-state index contributed by atoms with van der Waals surface area (Å²) in [6.45, 7) is 3.51. The number of Topliss-reactive ketones (excluding diaryl/α,β-unsaturated/α-hetero) is 1. The number of pyridine rings is 1. The second kappa shape index (κ2) is 6.99. The van der Waals surface area contributed by atoms with Crippen molar-refractivity contribution in [2.75, 3.05) is 5.32 Å². The van der Waals surface area contributed by atoms with Crippen LogP contribution in [0.15, 0.2) is 48.5 Å². The topological polar surface area (TPSA) is 42.0 Å². The maximum atomic E-state index is 11.5. The van der Waals surface area contributed by atoms with Crippen molar-refractivity contribution in [2.24, 2.45) is 0 Å². The van der Waals surface area contributed by atoms with Gasteiger partial charge in [-0.2, -0.15) is 0 Å². The molecule has 0 unspecified atom stereocenters. The van der Waals surface area contributed by atoms with Crippen molar-refractivity contribution in [1.29, 1.82) is 0 Å². The summed E-state index contributed by atoms with van der Waals surface area (Å²) < 4.78 is 0. The Morgan fingerprint density at radius 3 is 2.65 bits per heavy atom. The maximum Gasteiger partial charge on any atom is 0.159 e. The van der Waals surface area contributed by atoms with E-state index in [9.17, 15) is 4.79 Å². The number of anilines is 2. The fourth-order valence-corrected chi connectivity index (χ4v) is 2.58. The lowest BCUT2D eigenvalue weighted by molar-refractivity contribution is -0.0000124. The van der Waals surface area contributed by atoms with Crippen LogP contribution < -0.4 is 17.7 Å². The number of aromatic nitrogens is 1. The smallest absolute Gasteiger partial charge is 0.159 e. The molecule has 0 aliphatic heterocycles. The summed E-state index contributed by atoms with van der Waals surface area (Å²) in [5.41, 5.74) is 4.26. The lowest BCUT2D eigenvalue weighted by atomic mass is 10.1. The Kier molecular flexibility index (Phi) is 5.24. The fraction of sp³-hybridized carbons (Fsp3) is 0.111. The number of rotatable bonds is 3. The van der Waals surface area contributed by atoms with Gasteiger partial charge in [0.2, 0.25) is 0 Å². The van der Waals surface area contributed by atoms with Crippen molar-refractivity contribution in [3.8, 4) is 0 Å². The molecule has 3 rings (SSSR count). The highest BCUT2D eigenvalue weighted by Crippen LogP contribution is 2.29. The first-order valence-electron chi connectivity index (χ1n) is 6.98. The van der Waals surface area contributed by atoms with Crippen LogP contribution in [0.2, 0.25) is 5.02 Å². The predicted molar refractivity (Wildman–Crippen MR) is 91.2 cm³/mol. The van der Waals surface area contributed by atoms with Gasteiger partial charge in [-0.1, -0.05) is 23.7 Å². The minimum atomic E-state index is 0. The van der Waals surface area contributed by atoms with Gasteiger partial charge in [0.1, 0.15) is 0 Å². The van der Waals surface area contributed by atoms with Gasteiger partial charge < -0.3 is 17.7 Å². The van der Waals surface area contributed by atoms with Gasteiger partial charge in [0, 0.05) is 33.0 Å². The van der Waals surface area contributed by atoms with E-state index in [2.05, 4.69) is 10.3 Å². The Morgan fingerprint density at radius 2 is 1.91 bits per heavy atom. The van der Waals surface area contributed by atoms with Gasteiger partial charge >= 0.3 is 0 Å². The first-order valence-corrected chi connectivity index (χ1v) is 7.36. The molecule has 0 aliphatic rings. The number of ketones is 1. The van der Waals surface area contributed by atoms with E-state index in [1.54, 1.807) is 13.0 Å². The molecule has 118 valence electrons. The third kappa shape index (κ3) is 3.81. The number of hydrogen-bond acceptors (Lipinski definition) is 3. The minimum absolute atomic E-state index is 0. The standard InChI is InChI=1S/C18H15ClN2O.ClH/c1-11-8-18(16-10-14(19)6-7-17(16)20-11)21-15-5-3-4-13(9-15)12(2)22;/h3-10H,1-2H3,(H,20,21);1H/p-1. The summed E-state index contributed by atoms with van der Waals surface area (Å²) in [5, 5.41) is 4.98. The van der Waals surface area contributed by atoms with E-state index >= 15 is 0 Å². The molecular formula is C18H15Cl2N2O-. The van der Waals surface area contributed by atoms with E-state index in [-0.39, 0.29) is 18.2 Å². The van der Waals surface area contributed by atoms with Crippen molar-refractivity contribution < 1.29 is 17.2 Å². The predicted octanol–water partition coefficient (Wildman–Crippen LogP) is 2.15. The number of benzene rings is 2. The molecule has 3 nitrogen and oxygen atoms in total. The van der Waals surface area contributed by atoms with E-state index in [4.69, 9.17) is 11.6 Å². The molecule has 0 aliphatic carbocycles. The number of nitrogens with zero attached hydrogens (tertiary/aromatic N) is 1. The molecule has 0 saturated carbocycles. The summed E-state index contributed by atoms with van der Waals surface area (Å²) in [5.74, 6) is 0.0439. The highest BCUT2D eigenvalue weighted by atomic mass is 35.5. The first-order chi connectivity index (χ1) is 10.5. The summed E-state index contributed by atoms with van der Waals surface area (Å²) in [6, 6.07) is 15.0. The van der Waals surface area contributed by atoms with Crippen LogP contribution in [0.3, 0.4) is 0 Å². The SMILES string of the molecule is CC(=O)c1cccc(Nc2cc(C)nc3ccc(Cl)cc23)c1.[Cl-]. The van der Waals surface area contributed by atoms with Crippen molar-refractivity contribution in [2.45, 2.75) is 13.8 Å². The molecule has 23 heavy (non-hydrogen) atoms. The van der Waals surface area contributed by atoms with Crippen LogP contribution in [0.4, 0.5) is 11.4 Å². The minimum Gasteiger partial charge on any atom is -1.00 e. The van der Waals surface area contributed by atoms with Crippen LogP contribution in [0.5, 0.6) is 0 Å². The van der Waals surface area contributed by atoms with Crippen molar-refractivity contribution >= 4 is 39.7 Å². The van der Waals surface area contributed by atoms with Gasteiger partial charge in [-0.05, 0) is 50.2 Å². The Bertz CT molecular complexity index is 878. The van der Waals surface area contributed by atoms with Crippen LogP contribution in [-0.4, -0.2) is 10.8 Å². The molecule has 0 spiro atoms. The number of carbonyl (C=O) groups excluding carboxylic acids is 1. The Labute approximate surface area is 146 Å². The second-order valence-electron chi connectivity index (χ2n) is 5.23. The van der Waals surface area contributed by atoms with Gasteiger partial charge in [0.05, 0.1) is 5.52 Å². The third-order valence-corrected chi connectivity index (χ3v) is 3.68. The lowest BCUT2D eigenvalue weighted by Gasteiger charge is -2.12. The monoisotopic (exact) mass is 345 g/mol. The Hall–Kier alpha value is -2.10. The molecule has 5 heteroatoms. The van der Waals surface area contributed by atoms with Crippen molar-refractivity contribution in [3.63, 3.8) is 0 Å². The average Bonchev–Trinajstić information content (AvgIpc) is 2.48. The third-order valence-electron chi connectivity index (χ3n) is 3.45. The number of halogens is 2. The molecule has 1 aromatic heterocycles. The van der Waals surface area contributed by atoms with Crippen molar-refractivity contribution in [1.82, 2.24) is 4.98 Å². The zero-order valence-corrected chi connectivity index (χ0v) is 14.2. The quantitative estimate of drug-likeness (QED) is 0.739. The zero-order chi connectivity index (χ0) is 15.7. The molecule has 0 bridgehead atoms. The molecule has 0 radical (unpaired) electrons. The van der Waals surface area contributed by atoms with Crippen molar-refractivity contribution in [3.05, 3.63) is 64.8 Å². The highest BCUT2D eigenvalue weighted by Gasteiger charge is 2.07. The molecular weight excluding hydrogens is 331 g/mol. The highest BCUT2D eigenvalue weighted by molar-refractivity contribution is 6.31. The lowest BCUT2D eigenvalue weighted by Crippen LogP contribution is -3.00. The summed E-state index contributed by atoms with van der Waals surface area (Å²) >= 11 is 6.10. The maximum absolute atomic E-state index is 11.5. The molecule has 1 N–H and O–H groups in total. The van der Waals surface area contributed by atoms with E-state index in [0.717, 1.165) is 28.0 Å². The molecule has 1 heterocycles. The van der Waals surface area contributed by atoms with Gasteiger partial charge in [-0.25, -0.2) is 0 Å². The van der Waals surface area contributed by atoms with Gasteiger partial charge in [-0.15, -0.1) is 0 Å². The largest absolute Gasteiger partial charge is 1.00 e. The average molecular weight is 346 g/mol. The van der Waals surface area contributed by atoms with E-state index < -0.39 is 0 Å². The van der Waals surface area contributed by atoms with E-state index in [0.29, 0.717) is 10.6 Å². The second-order valence-corrected chi connectivity index (χ2v) is 5.67. The first kappa shape index (κ1) is 17.3. The molecule has 2 aromatic carbocycles. The number of hydrogen-bond donors (Lipinski definition) is 1. The number of carbonyl (C=O) groups is 1. The van der Waals surface area contributed by atoms with Gasteiger partial charge in [0.25, 0.3) is 0 Å².